The van der Waals surface area contributed by atoms with E-state index in [0.29, 0.717) is 17.9 Å². The van der Waals surface area contributed by atoms with Crippen molar-refractivity contribution < 1.29 is 9.53 Å². The van der Waals surface area contributed by atoms with Crippen LogP contribution in [0.2, 0.25) is 0 Å². The van der Waals surface area contributed by atoms with Gasteiger partial charge in [0, 0.05) is 16.3 Å². The second-order valence-electron chi connectivity index (χ2n) is 6.06. The van der Waals surface area contributed by atoms with E-state index in [1.54, 1.807) is 6.92 Å². The second kappa shape index (κ2) is 5.72. The summed E-state index contributed by atoms with van der Waals surface area (Å²) in [5.41, 5.74) is 1.12. The third kappa shape index (κ3) is 3.32. The van der Waals surface area contributed by atoms with Crippen LogP contribution in [0.1, 0.15) is 43.7 Å². The van der Waals surface area contributed by atoms with Crippen LogP contribution in [-0.4, -0.2) is 23.1 Å². The molecule has 1 N–H and O–H groups in total. The fourth-order valence-corrected chi connectivity index (χ4v) is 2.30. The van der Waals surface area contributed by atoms with E-state index in [1.165, 1.54) is 0 Å². The normalized spacial score (nSPS) is 11.5. The molecule has 0 amide bonds. The number of hydrogen-bond acceptors (Lipinski definition) is 4. The maximum Gasteiger partial charge on any atom is 0.340 e. The molecule has 0 aliphatic heterocycles. The zero-order valence-corrected chi connectivity index (χ0v) is 13.3. The SMILES string of the molecule is CCOC(=O)c1c(C)nc(NC(C)(C)C)c2ccccc12. The molecule has 2 aromatic rings. The van der Waals surface area contributed by atoms with E-state index < -0.39 is 0 Å². The average molecular weight is 286 g/mol. The molecule has 1 aromatic heterocycles. The van der Waals surface area contributed by atoms with Crippen LogP contribution in [-0.2, 0) is 4.74 Å². The number of nitrogens with zero attached hydrogens (tertiary/aromatic N) is 1. The van der Waals surface area contributed by atoms with Gasteiger partial charge in [0.2, 0.25) is 0 Å². The first-order chi connectivity index (χ1) is 9.83. The molecule has 0 saturated carbocycles. The molecule has 0 radical (unpaired) electrons. The number of benzene rings is 1. The summed E-state index contributed by atoms with van der Waals surface area (Å²) in [6.45, 7) is 10.2. The number of esters is 1. The highest BCUT2D eigenvalue weighted by atomic mass is 16.5. The first-order valence-corrected chi connectivity index (χ1v) is 7.18. The predicted molar refractivity (Wildman–Crippen MR) is 85.8 cm³/mol. The van der Waals surface area contributed by atoms with Crippen LogP contribution in [0, 0.1) is 6.92 Å². The molecular formula is C17H22N2O2. The van der Waals surface area contributed by atoms with Gasteiger partial charge in [0.15, 0.2) is 0 Å². The van der Waals surface area contributed by atoms with E-state index in [4.69, 9.17) is 4.74 Å². The molecule has 0 spiro atoms. The Morgan fingerprint density at radius 2 is 1.86 bits per heavy atom. The molecule has 0 saturated heterocycles. The molecule has 2 rings (SSSR count). The van der Waals surface area contributed by atoms with Gasteiger partial charge in [0.1, 0.15) is 5.82 Å². The summed E-state index contributed by atoms with van der Waals surface area (Å²) in [5.74, 6) is 0.477. The van der Waals surface area contributed by atoms with Crippen molar-refractivity contribution in [2.75, 3.05) is 11.9 Å². The first-order valence-electron chi connectivity index (χ1n) is 7.18. The Balaban J connectivity index is 2.66. The molecule has 0 atom stereocenters. The highest BCUT2D eigenvalue weighted by Gasteiger charge is 2.20. The molecule has 0 bridgehead atoms. The van der Waals surface area contributed by atoms with Crippen molar-refractivity contribution in [1.29, 1.82) is 0 Å². The second-order valence-corrected chi connectivity index (χ2v) is 6.06. The molecule has 4 heteroatoms. The van der Waals surface area contributed by atoms with Crippen molar-refractivity contribution in [3.8, 4) is 0 Å². The molecule has 21 heavy (non-hydrogen) atoms. The summed E-state index contributed by atoms with van der Waals surface area (Å²) in [5, 5.41) is 5.20. The average Bonchev–Trinajstić information content (AvgIpc) is 2.37. The van der Waals surface area contributed by atoms with Crippen molar-refractivity contribution in [1.82, 2.24) is 4.98 Å². The molecule has 112 valence electrons. The Labute approximate surface area is 125 Å². The third-order valence-electron chi connectivity index (χ3n) is 3.07. The molecular weight excluding hydrogens is 264 g/mol. The minimum absolute atomic E-state index is 0.104. The summed E-state index contributed by atoms with van der Waals surface area (Å²) in [7, 11) is 0. The number of carbonyl (C=O) groups is 1. The van der Waals surface area contributed by atoms with Crippen molar-refractivity contribution in [3.63, 3.8) is 0 Å². The van der Waals surface area contributed by atoms with E-state index in [-0.39, 0.29) is 11.5 Å². The first kappa shape index (κ1) is 15.3. The monoisotopic (exact) mass is 286 g/mol. The lowest BCUT2D eigenvalue weighted by Crippen LogP contribution is -2.27. The van der Waals surface area contributed by atoms with Crippen molar-refractivity contribution >= 4 is 22.6 Å². The number of ether oxygens (including phenoxy) is 1. The van der Waals surface area contributed by atoms with Crippen LogP contribution in [0.5, 0.6) is 0 Å². The van der Waals surface area contributed by atoms with Gasteiger partial charge in [0.25, 0.3) is 0 Å². The fraction of sp³-hybridized carbons (Fsp3) is 0.412. The molecule has 1 aromatic carbocycles. The van der Waals surface area contributed by atoms with Gasteiger partial charge >= 0.3 is 5.97 Å². The number of pyridine rings is 1. The quantitative estimate of drug-likeness (QED) is 0.869. The predicted octanol–water partition coefficient (Wildman–Crippen LogP) is 3.93. The van der Waals surface area contributed by atoms with Crippen molar-refractivity contribution in [2.24, 2.45) is 0 Å². The van der Waals surface area contributed by atoms with Gasteiger partial charge in [-0.25, -0.2) is 9.78 Å². The van der Waals surface area contributed by atoms with Gasteiger partial charge in [-0.2, -0.15) is 0 Å². The Hall–Kier alpha value is -2.10. The number of aromatic nitrogens is 1. The van der Waals surface area contributed by atoms with Gasteiger partial charge in [0.05, 0.1) is 17.9 Å². The number of aryl methyl sites for hydroxylation is 1. The van der Waals surface area contributed by atoms with E-state index in [1.807, 2.05) is 31.2 Å². The van der Waals surface area contributed by atoms with Crippen LogP contribution < -0.4 is 5.32 Å². The summed E-state index contributed by atoms with van der Waals surface area (Å²) in [6.07, 6.45) is 0. The summed E-state index contributed by atoms with van der Waals surface area (Å²) < 4.78 is 5.16. The van der Waals surface area contributed by atoms with Crippen LogP contribution in [0.4, 0.5) is 5.82 Å². The van der Waals surface area contributed by atoms with Gasteiger partial charge < -0.3 is 10.1 Å². The minimum Gasteiger partial charge on any atom is -0.462 e. The largest absolute Gasteiger partial charge is 0.462 e. The van der Waals surface area contributed by atoms with Gasteiger partial charge in [-0.15, -0.1) is 0 Å². The summed E-state index contributed by atoms with van der Waals surface area (Å²) in [4.78, 5) is 16.8. The van der Waals surface area contributed by atoms with Crippen LogP contribution in [0.3, 0.4) is 0 Å². The molecule has 0 aliphatic rings. The van der Waals surface area contributed by atoms with Crippen molar-refractivity contribution in [3.05, 3.63) is 35.5 Å². The fourth-order valence-electron chi connectivity index (χ4n) is 2.30. The number of rotatable bonds is 3. The number of anilines is 1. The highest BCUT2D eigenvalue weighted by molar-refractivity contribution is 6.08. The summed E-state index contributed by atoms with van der Waals surface area (Å²) >= 11 is 0. The van der Waals surface area contributed by atoms with Crippen molar-refractivity contribution in [2.45, 2.75) is 40.2 Å². The number of fused-ring (bicyclic) bond motifs is 1. The maximum atomic E-state index is 12.2. The standard InChI is InChI=1S/C17H22N2O2/c1-6-21-16(20)14-11(2)18-15(19-17(3,4)5)13-10-8-7-9-12(13)14/h7-10H,6H2,1-5H3,(H,18,19). The lowest BCUT2D eigenvalue weighted by molar-refractivity contribution is 0.0527. The summed E-state index contributed by atoms with van der Waals surface area (Å²) in [6, 6.07) is 7.77. The van der Waals surface area contributed by atoms with Crippen LogP contribution in [0.15, 0.2) is 24.3 Å². The minimum atomic E-state index is -0.319. The molecule has 4 nitrogen and oxygen atoms in total. The highest BCUT2D eigenvalue weighted by Crippen LogP contribution is 2.29. The molecule has 1 heterocycles. The molecule has 0 fully saturated rings. The zero-order chi connectivity index (χ0) is 15.6. The molecule has 0 unspecified atom stereocenters. The van der Waals surface area contributed by atoms with E-state index in [2.05, 4.69) is 31.1 Å². The lowest BCUT2D eigenvalue weighted by atomic mass is 10.0. The zero-order valence-electron chi connectivity index (χ0n) is 13.3. The topological polar surface area (TPSA) is 51.2 Å². The Kier molecular flexibility index (Phi) is 4.16. The maximum absolute atomic E-state index is 12.2. The van der Waals surface area contributed by atoms with E-state index in [9.17, 15) is 4.79 Å². The lowest BCUT2D eigenvalue weighted by Gasteiger charge is -2.23. The molecule has 0 aliphatic carbocycles. The smallest absolute Gasteiger partial charge is 0.340 e. The van der Waals surface area contributed by atoms with Crippen LogP contribution in [0.25, 0.3) is 10.8 Å². The number of nitrogens with one attached hydrogen (secondary N) is 1. The van der Waals surface area contributed by atoms with Gasteiger partial charge in [-0.3, -0.25) is 0 Å². The van der Waals surface area contributed by atoms with Crippen LogP contribution >= 0.6 is 0 Å². The van der Waals surface area contributed by atoms with E-state index >= 15 is 0 Å². The Bertz CT molecular complexity index is 672. The Morgan fingerprint density at radius 1 is 1.24 bits per heavy atom. The van der Waals surface area contributed by atoms with E-state index in [0.717, 1.165) is 16.6 Å². The number of hydrogen-bond donors (Lipinski definition) is 1. The van der Waals surface area contributed by atoms with Gasteiger partial charge in [-0.05, 0) is 34.6 Å². The van der Waals surface area contributed by atoms with Gasteiger partial charge in [-0.1, -0.05) is 24.3 Å². The Morgan fingerprint density at radius 3 is 2.43 bits per heavy atom. The number of carbonyl (C=O) groups excluding carboxylic acids is 1. The third-order valence-corrected chi connectivity index (χ3v) is 3.07.